The van der Waals surface area contributed by atoms with Crippen LogP contribution in [-0.4, -0.2) is 49.9 Å². The zero-order chi connectivity index (χ0) is 11.7. The van der Waals surface area contributed by atoms with Gasteiger partial charge in [0.2, 0.25) is 5.89 Å². The van der Waals surface area contributed by atoms with E-state index in [9.17, 15) is 9.90 Å². The molecule has 0 bridgehead atoms. The first-order valence-electron chi connectivity index (χ1n) is 5.00. The second kappa shape index (κ2) is 4.18. The minimum absolute atomic E-state index is 0.242. The van der Waals surface area contributed by atoms with Crippen molar-refractivity contribution in [3.05, 3.63) is 11.7 Å². The lowest BCUT2D eigenvalue weighted by Crippen LogP contribution is -2.35. The number of nitrogens with zero attached hydrogens (tertiary/aromatic N) is 3. The van der Waals surface area contributed by atoms with Crippen LogP contribution in [0.2, 0.25) is 0 Å². The predicted molar refractivity (Wildman–Crippen MR) is 51.5 cm³/mol. The number of carboxylic acid groups (broad SMARTS) is 1. The molecule has 1 saturated heterocycles. The van der Waals surface area contributed by atoms with Gasteiger partial charge in [0, 0.05) is 19.9 Å². The zero-order valence-electron chi connectivity index (χ0n) is 8.83. The maximum Gasteiger partial charge on any atom is 0.321 e. The molecular formula is C9H13N3O4. The fourth-order valence-corrected chi connectivity index (χ4v) is 1.90. The van der Waals surface area contributed by atoms with E-state index in [-0.39, 0.29) is 13.0 Å². The van der Waals surface area contributed by atoms with Gasteiger partial charge in [0.05, 0.1) is 12.6 Å². The average Bonchev–Trinajstić information content (AvgIpc) is 2.74. The van der Waals surface area contributed by atoms with Crippen LogP contribution in [0.4, 0.5) is 0 Å². The number of rotatable bonds is 3. The Balaban J connectivity index is 2.05. The molecule has 2 atom stereocenters. The highest BCUT2D eigenvalue weighted by Gasteiger charge is 2.36. The molecule has 1 aliphatic rings. The van der Waals surface area contributed by atoms with Crippen LogP contribution in [0.5, 0.6) is 0 Å². The van der Waals surface area contributed by atoms with E-state index in [1.807, 2.05) is 0 Å². The van der Waals surface area contributed by atoms with E-state index in [0.29, 0.717) is 18.3 Å². The molecule has 1 fully saturated rings. The van der Waals surface area contributed by atoms with Gasteiger partial charge in [-0.15, -0.1) is 0 Å². The van der Waals surface area contributed by atoms with Gasteiger partial charge in [-0.3, -0.25) is 9.69 Å². The fraction of sp³-hybridized carbons (Fsp3) is 0.667. The third kappa shape index (κ3) is 2.20. The van der Waals surface area contributed by atoms with Crippen LogP contribution in [0.1, 0.15) is 18.1 Å². The van der Waals surface area contributed by atoms with Crippen molar-refractivity contribution < 1.29 is 19.5 Å². The van der Waals surface area contributed by atoms with Gasteiger partial charge in [0.15, 0.2) is 5.82 Å². The number of aromatic nitrogens is 2. The van der Waals surface area contributed by atoms with Crippen LogP contribution < -0.4 is 0 Å². The lowest BCUT2D eigenvalue weighted by Gasteiger charge is -2.18. The number of aryl methyl sites for hydroxylation is 1. The number of likely N-dealkylation sites (tertiary alicyclic amines) is 1. The summed E-state index contributed by atoms with van der Waals surface area (Å²) in [5.41, 5.74) is 0. The Morgan fingerprint density at radius 2 is 2.44 bits per heavy atom. The molecule has 1 aliphatic heterocycles. The summed E-state index contributed by atoms with van der Waals surface area (Å²) in [4.78, 5) is 16.6. The van der Waals surface area contributed by atoms with Crippen molar-refractivity contribution in [3.63, 3.8) is 0 Å². The molecule has 0 aliphatic carbocycles. The molecule has 7 nitrogen and oxygen atoms in total. The molecule has 2 rings (SSSR count). The molecule has 0 radical (unpaired) electrons. The van der Waals surface area contributed by atoms with Gasteiger partial charge < -0.3 is 14.7 Å². The van der Waals surface area contributed by atoms with Gasteiger partial charge in [-0.1, -0.05) is 5.16 Å². The fourth-order valence-electron chi connectivity index (χ4n) is 1.90. The van der Waals surface area contributed by atoms with E-state index >= 15 is 0 Å². The van der Waals surface area contributed by atoms with Crippen LogP contribution in [0, 0.1) is 6.92 Å². The molecule has 7 heteroatoms. The Kier molecular flexibility index (Phi) is 2.88. The van der Waals surface area contributed by atoms with Crippen LogP contribution in [-0.2, 0) is 11.3 Å². The summed E-state index contributed by atoms with van der Waals surface area (Å²) in [5, 5.41) is 22.1. The zero-order valence-corrected chi connectivity index (χ0v) is 8.83. The van der Waals surface area contributed by atoms with E-state index < -0.39 is 18.1 Å². The smallest absolute Gasteiger partial charge is 0.321 e. The molecular weight excluding hydrogens is 214 g/mol. The van der Waals surface area contributed by atoms with Crippen LogP contribution in [0.3, 0.4) is 0 Å². The highest BCUT2D eigenvalue weighted by molar-refractivity contribution is 5.73. The molecule has 0 spiro atoms. The summed E-state index contributed by atoms with van der Waals surface area (Å²) in [6.07, 6.45) is -0.360. The highest BCUT2D eigenvalue weighted by atomic mass is 16.5. The molecule has 16 heavy (non-hydrogen) atoms. The van der Waals surface area contributed by atoms with Crippen LogP contribution in [0.15, 0.2) is 4.52 Å². The maximum atomic E-state index is 10.9. The predicted octanol–water partition coefficient (Wildman–Crippen LogP) is -0.602. The first-order chi connectivity index (χ1) is 7.56. The van der Waals surface area contributed by atoms with Crippen LogP contribution in [0.25, 0.3) is 0 Å². The van der Waals surface area contributed by atoms with Gasteiger partial charge in [0.1, 0.15) is 6.04 Å². The Labute approximate surface area is 91.7 Å². The Hall–Kier alpha value is -1.47. The summed E-state index contributed by atoms with van der Waals surface area (Å²) in [5.74, 6) is -0.0452. The average molecular weight is 227 g/mol. The molecule has 88 valence electrons. The molecule has 1 aromatic heterocycles. The molecule has 0 aromatic carbocycles. The summed E-state index contributed by atoms with van der Waals surface area (Å²) < 4.78 is 4.80. The Morgan fingerprint density at radius 3 is 3.00 bits per heavy atom. The van der Waals surface area contributed by atoms with Crippen molar-refractivity contribution in [2.45, 2.75) is 32.0 Å². The van der Waals surface area contributed by atoms with Crippen molar-refractivity contribution in [1.82, 2.24) is 15.0 Å². The van der Waals surface area contributed by atoms with E-state index in [1.54, 1.807) is 11.8 Å². The van der Waals surface area contributed by atoms with Crippen molar-refractivity contribution in [2.24, 2.45) is 0 Å². The number of aliphatic hydroxyl groups excluding tert-OH is 1. The van der Waals surface area contributed by atoms with Gasteiger partial charge >= 0.3 is 5.97 Å². The molecule has 2 heterocycles. The van der Waals surface area contributed by atoms with Crippen molar-refractivity contribution in [2.75, 3.05) is 6.54 Å². The van der Waals surface area contributed by atoms with E-state index in [0.717, 1.165) is 0 Å². The molecule has 0 amide bonds. The molecule has 2 N–H and O–H groups in total. The molecule has 0 saturated carbocycles. The second-order valence-electron chi connectivity index (χ2n) is 3.90. The monoisotopic (exact) mass is 227 g/mol. The first kappa shape index (κ1) is 11.0. The van der Waals surface area contributed by atoms with Gasteiger partial charge in [-0.2, -0.15) is 4.98 Å². The van der Waals surface area contributed by atoms with E-state index in [4.69, 9.17) is 9.63 Å². The number of carboxylic acids is 1. The maximum absolute atomic E-state index is 10.9. The summed E-state index contributed by atoms with van der Waals surface area (Å²) in [7, 11) is 0. The lowest BCUT2D eigenvalue weighted by atomic mass is 10.2. The number of aliphatic carboxylic acids is 1. The Bertz CT molecular complexity index is 392. The number of carbonyl (C=O) groups is 1. The van der Waals surface area contributed by atoms with E-state index in [2.05, 4.69) is 10.1 Å². The van der Waals surface area contributed by atoms with Crippen molar-refractivity contribution in [3.8, 4) is 0 Å². The standard InChI is InChI=1S/C9H13N3O4/c1-5-10-8(11-16-5)4-12-3-6(13)2-7(12)9(14)15/h6-7,13H,2-4H2,1H3,(H,14,15). The van der Waals surface area contributed by atoms with E-state index in [1.165, 1.54) is 0 Å². The minimum atomic E-state index is -0.934. The Morgan fingerprint density at radius 1 is 1.69 bits per heavy atom. The summed E-state index contributed by atoms with van der Waals surface area (Å²) in [6, 6.07) is -0.672. The highest BCUT2D eigenvalue weighted by Crippen LogP contribution is 2.19. The quantitative estimate of drug-likeness (QED) is 0.711. The van der Waals surface area contributed by atoms with Gasteiger partial charge in [-0.05, 0) is 0 Å². The van der Waals surface area contributed by atoms with Gasteiger partial charge in [-0.25, -0.2) is 0 Å². The molecule has 1 aromatic rings. The van der Waals surface area contributed by atoms with Crippen LogP contribution >= 0.6 is 0 Å². The number of β-amino-alcohol motifs (C(OH)–C–C–N with tert-alkyl or cyclic N) is 1. The second-order valence-corrected chi connectivity index (χ2v) is 3.90. The largest absolute Gasteiger partial charge is 0.480 e. The van der Waals surface area contributed by atoms with Gasteiger partial charge in [0.25, 0.3) is 0 Å². The lowest BCUT2D eigenvalue weighted by molar-refractivity contribution is -0.142. The van der Waals surface area contributed by atoms with Crippen molar-refractivity contribution in [1.29, 1.82) is 0 Å². The number of hydrogen-bond donors (Lipinski definition) is 2. The summed E-state index contributed by atoms with van der Waals surface area (Å²) in [6.45, 7) is 2.28. The number of aliphatic hydroxyl groups is 1. The third-order valence-electron chi connectivity index (χ3n) is 2.58. The minimum Gasteiger partial charge on any atom is -0.480 e. The number of hydrogen-bond acceptors (Lipinski definition) is 6. The normalized spacial score (nSPS) is 26.1. The SMILES string of the molecule is Cc1nc(CN2CC(O)CC2C(=O)O)no1. The molecule has 2 unspecified atom stereocenters. The first-order valence-corrected chi connectivity index (χ1v) is 5.00. The summed E-state index contributed by atoms with van der Waals surface area (Å²) >= 11 is 0. The topological polar surface area (TPSA) is 99.7 Å². The van der Waals surface area contributed by atoms with Crippen molar-refractivity contribution >= 4 is 5.97 Å². The third-order valence-corrected chi connectivity index (χ3v) is 2.58.